The van der Waals surface area contributed by atoms with Crippen LogP contribution in [0.25, 0.3) is 11.5 Å². The number of nitrogens with two attached hydrogens (primary N) is 1. The van der Waals surface area contributed by atoms with Crippen molar-refractivity contribution < 1.29 is 14.2 Å². The number of nitro benzene ring substituents is 1. The molecule has 2 aromatic rings. The van der Waals surface area contributed by atoms with Crippen LogP contribution in [-0.4, -0.2) is 51.2 Å². The smallest absolute Gasteiger partial charge is 0.319 e. The molecule has 3 atom stereocenters. The number of piperidine rings is 2. The van der Waals surface area contributed by atoms with E-state index in [-0.39, 0.29) is 23.5 Å². The Morgan fingerprint density at radius 3 is 2.58 bits per heavy atom. The molecule has 5 rings (SSSR count). The fraction of sp³-hybridized carbons (Fsp3) is 0.571. The molecule has 10 heteroatoms. The molecule has 2 saturated heterocycles. The lowest BCUT2D eigenvalue weighted by Gasteiger charge is -2.49. The summed E-state index contributed by atoms with van der Waals surface area (Å²) in [5.41, 5.74) is 6.62. The third kappa shape index (κ3) is 3.65. The number of amides is 2. The molecule has 1 saturated carbocycles. The predicted octanol–water partition coefficient (Wildman–Crippen LogP) is 3.42. The molecule has 3 fully saturated rings. The molecule has 0 spiro atoms. The van der Waals surface area contributed by atoms with E-state index in [1.165, 1.54) is 18.6 Å². The Hall–Kier alpha value is -3.01. The highest BCUT2D eigenvalue weighted by atomic mass is 16.6. The Kier molecular flexibility index (Phi) is 4.88. The minimum absolute atomic E-state index is 0.0879. The molecule has 0 radical (unpaired) electrons. The first-order valence-corrected chi connectivity index (χ1v) is 10.9. The number of carbonyl (C=O) groups excluding carboxylic acids is 1. The maximum absolute atomic E-state index is 12.7. The van der Waals surface area contributed by atoms with E-state index in [9.17, 15) is 14.9 Å². The lowest BCUT2D eigenvalue weighted by atomic mass is 9.81. The monoisotopic (exact) mass is 426 g/mol. The van der Waals surface area contributed by atoms with E-state index in [0.29, 0.717) is 29.2 Å². The van der Waals surface area contributed by atoms with Gasteiger partial charge in [-0.1, -0.05) is 11.6 Å². The molecule has 3 heterocycles. The van der Waals surface area contributed by atoms with Gasteiger partial charge >= 0.3 is 6.03 Å². The highest BCUT2D eigenvalue weighted by Crippen LogP contribution is 2.42. The largest absolute Gasteiger partial charge is 0.351 e. The zero-order valence-corrected chi connectivity index (χ0v) is 17.4. The quantitative estimate of drug-likeness (QED) is 0.572. The highest BCUT2D eigenvalue weighted by molar-refractivity contribution is 5.96. The van der Waals surface area contributed by atoms with Crippen LogP contribution in [-0.2, 0) is 0 Å². The molecule has 2 N–H and O–H groups in total. The molecule has 2 bridgehead atoms. The van der Waals surface area contributed by atoms with Gasteiger partial charge in [-0.15, -0.1) is 0 Å². The summed E-state index contributed by atoms with van der Waals surface area (Å²) in [4.78, 5) is 32.1. The molecule has 1 aliphatic carbocycles. The van der Waals surface area contributed by atoms with Crippen LogP contribution < -0.4 is 10.6 Å². The first-order chi connectivity index (χ1) is 14.9. The number of fused-ring (bicyclic) bond motifs is 2. The van der Waals surface area contributed by atoms with Gasteiger partial charge < -0.3 is 15.2 Å². The molecule has 1 unspecified atom stereocenters. The Labute approximate surface area is 179 Å². The lowest BCUT2D eigenvalue weighted by Crippen LogP contribution is -2.57. The number of urea groups is 1. The van der Waals surface area contributed by atoms with E-state index in [4.69, 9.17) is 10.3 Å². The fourth-order valence-corrected chi connectivity index (χ4v) is 5.16. The van der Waals surface area contributed by atoms with Gasteiger partial charge in [0.25, 0.3) is 11.6 Å². The van der Waals surface area contributed by atoms with Gasteiger partial charge in [0, 0.05) is 36.2 Å². The summed E-state index contributed by atoms with van der Waals surface area (Å²) >= 11 is 0. The molecule has 1 aromatic heterocycles. The number of nitrogens with zero attached hydrogens (tertiary/aromatic N) is 5. The van der Waals surface area contributed by atoms with E-state index in [0.717, 1.165) is 38.5 Å². The van der Waals surface area contributed by atoms with Crippen LogP contribution in [0.5, 0.6) is 0 Å². The Morgan fingerprint density at radius 1 is 1.26 bits per heavy atom. The Balaban J connectivity index is 1.56. The number of benzene rings is 1. The third-order valence-electron chi connectivity index (χ3n) is 6.98. The van der Waals surface area contributed by atoms with Gasteiger partial charge in [0.05, 0.1) is 16.2 Å². The van der Waals surface area contributed by atoms with Gasteiger partial charge in [0.2, 0.25) is 0 Å². The summed E-state index contributed by atoms with van der Waals surface area (Å²) in [7, 11) is 2.15. The summed E-state index contributed by atoms with van der Waals surface area (Å²) in [6, 6.07) is 4.48. The summed E-state index contributed by atoms with van der Waals surface area (Å²) in [5.74, 6) is 1.06. The summed E-state index contributed by atoms with van der Waals surface area (Å²) in [6.07, 6.45) is 7.01. The van der Waals surface area contributed by atoms with Crippen molar-refractivity contribution in [3.8, 4) is 11.5 Å². The van der Waals surface area contributed by atoms with E-state index in [1.54, 1.807) is 11.0 Å². The molecule has 164 valence electrons. The first kappa shape index (κ1) is 19.9. The molecule has 2 amide bonds. The normalized spacial score (nSPS) is 25.9. The number of hydrogen-bond acceptors (Lipinski definition) is 7. The van der Waals surface area contributed by atoms with Crippen LogP contribution in [0.1, 0.15) is 56.7 Å². The van der Waals surface area contributed by atoms with Gasteiger partial charge in [-0.05, 0) is 51.6 Å². The second-order valence-electron chi connectivity index (χ2n) is 8.93. The van der Waals surface area contributed by atoms with Gasteiger partial charge in [-0.25, -0.2) is 4.79 Å². The third-order valence-corrected chi connectivity index (χ3v) is 6.98. The minimum atomic E-state index is -0.579. The number of hydrogen-bond donors (Lipinski definition) is 1. The van der Waals surface area contributed by atoms with Crippen molar-refractivity contribution in [2.45, 2.75) is 69.0 Å². The van der Waals surface area contributed by atoms with Crippen molar-refractivity contribution in [2.24, 2.45) is 5.73 Å². The second-order valence-corrected chi connectivity index (χ2v) is 8.93. The SMILES string of the molecule is CN1[C@@H]2CCC[C@H]1CC(N(C(N)=O)c1ccc([N+](=O)[O-])cc1-c1nc(C3CC3)no1)C2. The van der Waals surface area contributed by atoms with Crippen molar-refractivity contribution in [1.82, 2.24) is 15.0 Å². The second kappa shape index (κ2) is 7.60. The van der Waals surface area contributed by atoms with Crippen LogP contribution >= 0.6 is 0 Å². The number of carbonyl (C=O) groups is 1. The van der Waals surface area contributed by atoms with E-state index in [2.05, 4.69) is 22.1 Å². The molecule has 1 aromatic carbocycles. The molecule has 10 nitrogen and oxygen atoms in total. The number of primary amides is 1. The fourth-order valence-electron chi connectivity index (χ4n) is 5.16. The van der Waals surface area contributed by atoms with Crippen LogP contribution in [0.4, 0.5) is 16.2 Å². The van der Waals surface area contributed by atoms with Crippen molar-refractivity contribution >= 4 is 17.4 Å². The predicted molar refractivity (Wildman–Crippen MR) is 113 cm³/mol. The van der Waals surface area contributed by atoms with E-state index < -0.39 is 11.0 Å². The molecular formula is C21H26N6O4. The van der Waals surface area contributed by atoms with Gasteiger partial charge in [-0.2, -0.15) is 4.98 Å². The molecule has 2 aliphatic heterocycles. The van der Waals surface area contributed by atoms with E-state index in [1.807, 2.05) is 0 Å². The summed E-state index contributed by atoms with van der Waals surface area (Å²) < 4.78 is 5.47. The van der Waals surface area contributed by atoms with Crippen LogP contribution in [0.3, 0.4) is 0 Å². The zero-order chi connectivity index (χ0) is 21.7. The van der Waals surface area contributed by atoms with Gasteiger partial charge in [-0.3, -0.25) is 15.0 Å². The van der Waals surface area contributed by atoms with Crippen molar-refractivity contribution in [3.05, 3.63) is 34.1 Å². The van der Waals surface area contributed by atoms with Crippen LogP contribution in [0, 0.1) is 10.1 Å². The number of nitro groups is 1. The maximum Gasteiger partial charge on any atom is 0.319 e. The number of aromatic nitrogens is 2. The minimum Gasteiger partial charge on any atom is -0.351 e. The number of anilines is 1. The summed E-state index contributed by atoms with van der Waals surface area (Å²) in [6.45, 7) is 0. The van der Waals surface area contributed by atoms with Crippen molar-refractivity contribution in [1.29, 1.82) is 0 Å². The maximum atomic E-state index is 12.7. The van der Waals surface area contributed by atoms with Crippen molar-refractivity contribution in [3.63, 3.8) is 0 Å². The average Bonchev–Trinajstić information content (AvgIpc) is 3.45. The topological polar surface area (TPSA) is 132 Å². The Bertz CT molecular complexity index is 1010. The van der Waals surface area contributed by atoms with Gasteiger partial charge in [0.15, 0.2) is 5.82 Å². The lowest BCUT2D eigenvalue weighted by molar-refractivity contribution is -0.384. The number of rotatable bonds is 5. The molecule has 31 heavy (non-hydrogen) atoms. The van der Waals surface area contributed by atoms with Crippen LogP contribution in [0.15, 0.2) is 22.7 Å². The van der Waals surface area contributed by atoms with Gasteiger partial charge in [0.1, 0.15) is 0 Å². The number of non-ortho nitro benzene ring substituents is 1. The van der Waals surface area contributed by atoms with Crippen molar-refractivity contribution in [2.75, 3.05) is 11.9 Å². The Morgan fingerprint density at radius 2 is 1.97 bits per heavy atom. The molecule has 3 aliphatic rings. The average molecular weight is 426 g/mol. The highest BCUT2D eigenvalue weighted by Gasteiger charge is 2.40. The standard InChI is InChI=1S/C21H26N6O4/c1-25-13-3-2-4-14(25)10-16(9-13)26(21(22)28)18-8-7-15(27(29)30)11-17(18)20-23-19(24-31-20)12-5-6-12/h7-8,11-14,16H,2-6,9-10H2,1H3,(H2,22,28)/t13-,14+,16?. The van der Waals surface area contributed by atoms with E-state index >= 15 is 0 Å². The first-order valence-electron chi connectivity index (χ1n) is 10.9. The zero-order valence-electron chi connectivity index (χ0n) is 17.4. The van der Waals surface area contributed by atoms with Crippen LogP contribution in [0.2, 0.25) is 0 Å². The molecular weight excluding hydrogens is 400 g/mol. The summed E-state index contributed by atoms with van der Waals surface area (Å²) in [5, 5.41) is 15.5.